The van der Waals surface area contributed by atoms with E-state index in [4.69, 9.17) is 0 Å². The van der Waals surface area contributed by atoms with Crippen molar-refractivity contribution in [2.75, 3.05) is 23.7 Å². The predicted molar refractivity (Wildman–Crippen MR) is 141 cm³/mol. The molecule has 7 nitrogen and oxygen atoms in total. The van der Waals surface area contributed by atoms with Gasteiger partial charge in [0.25, 0.3) is 5.91 Å². The summed E-state index contributed by atoms with van der Waals surface area (Å²) in [6.07, 6.45) is 5.21. The van der Waals surface area contributed by atoms with Crippen LogP contribution >= 0.6 is 0 Å². The smallest absolute Gasteiger partial charge is 0.255 e. The zero-order chi connectivity index (χ0) is 24.6. The Balaban J connectivity index is 1.46. The first kappa shape index (κ1) is 24.0. The van der Waals surface area contributed by atoms with Gasteiger partial charge in [0.05, 0.1) is 5.69 Å². The van der Waals surface area contributed by atoms with Gasteiger partial charge in [-0.1, -0.05) is 32.0 Å². The number of nitrogens with zero attached hydrogens (tertiary/aromatic N) is 4. The van der Waals surface area contributed by atoms with Crippen LogP contribution in [0.3, 0.4) is 0 Å². The van der Waals surface area contributed by atoms with E-state index in [-0.39, 0.29) is 5.91 Å². The van der Waals surface area contributed by atoms with Crippen molar-refractivity contribution in [3.63, 3.8) is 0 Å². The molecule has 1 amide bonds. The molecular formula is C28H30N6O. The molecule has 2 heterocycles. The van der Waals surface area contributed by atoms with Crippen molar-refractivity contribution in [2.45, 2.75) is 27.3 Å². The Kier molecular flexibility index (Phi) is 7.80. The van der Waals surface area contributed by atoms with Crippen molar-refractivity contribution < 1.29 is 4.79 Å². The molecule has 0 spiro atoms. The lowest BCUT2D eigenvalue weighted by atomic mass is 10.1. The minimum Gasteiger partial charge on any atom is -0.324 e. The molecule has 2 aromatic heterocycles. The fourth-order valence-electron chi connectivity index (χ4n) is 3.72. The summed E-state index contributed by atoms with van der Waals surface area (Å²) >= 11 is 0. The van der Waals surface area contributed by atoms with Gasteiger partial charge in [0.1, 0.15) is 0 Å². The second kappa shape index (κ2) is 11.4. The molecular weight excluding hydrogens is 436 g/mol. The van der Waals surface area contributed by atoms with Gasteiger partial charge in [-0.15, -0.1) is 0 Å². The van der Waals surface area contributed by atoms with E-state index in [1.54, 1.807) is 18.6 Å². The number of aromatic nitrogens is 3. The number of hydrogen-bond donors (Lipinski definition) is 2. The molecule has 0 saturated heterocycles. The average molecular weight is 467 g/mol. The van der Waals surface area contributed by atoms with Gasteiger partial charge < -0.3 is 10.6 Å². The number of anilines is 3. The van der Waals surface area contributed by atoms with E-state index in [9.17, 15) is 4.79 Å². The average Bonchev–Trinajstić information content (AvgIpc) is 2.90. The minimum atomic E-state index is -0.149. The molecule has 0 bridgehead atoms. The lowest BCUT2D eigenvalue weighted by Crippen LogP contribution is -2.22. The summed E-state index contributed by atoms with van der Waals surface area (Å²) in [7, 11) is 0. The number of benzene rings is 2. The third-order valence-electron chi connectivity index (χ3n) is 5.87. The highest BCUT2D eigenvalue weighted by Crippen LogP contribution is 2.24. The summed E-state index contributed by atoms with van der Waals surface area (Å²) in [5.74, 6) is 0.325. The SMILES string of the molecule is CCN(CC)Cc1ccc(C(=O)Nc2ccc(C)c(Nc3nccc(-c4cccnc4)n3)c2)cc1. The molecule has 178 valence electrons. The summed E-state index contributed by atoms with van der Waals surface area (Å²) in [5, 5.41) is 6.27. The van der Waals surface area contributed by atoms with Crippen molar-refractivity contribution in [1.29, 1.82) is 0 Å². The summed E-state index contributed by atoms with van der Waals surface area (Å²) in [6.45, 7) is 9.18. The number of carbonyl (C=O) groups is 1. The van der Waals surface area contributed by atoms with E-state index in [0.29, 0.717) is 17.2 Å². The number of rotatable bonds is 9. The second-order valence-electron chi connectivity index (χ2n) is 8.27. The van der Waals surface area contributed by atoms with Crippen LogP contribution in [-0.4, -0.2) is 38.8 Å². The normalized spacial score (nSPS) is 10.9. The molecule has 4 aromatic rings. The zero-order valence-electron chi connectivity index (χ0n) is 20.3. The molecule has 0 radical (unpaired) electrons. The third-order valence-corrected chi connectivity index (χ3v) is 5.87. The number of aryl methyl sites for hydroxylation is 1. The zero-order valence-corrected chi connectivity index (χ0v) is 20.3. The summed E-state index contributed by atoms with van der Waals surface area (Å²) in [4.78, 5) is 28.3. The highest BCUT2D eigenvalue weighted by atomic mass is 16.1. The first-order valence-corrected chi connectivity index (χ1v) is 11.8. The van der Waals surface area contributed by atoms with E-state index < -0.39 is 0 Å². The Bertz CT molecular complexity index is 1270. The summed E-state index contributed by atoms with van der Waals surface area (Å²) < 4.78 is 0. The quantitative estimate of drug-likeness (QED) is 0.330. The van der Waals surface area contributed by atoms with Gasteiger partial charge in [-0.25, -0.2) is 9.97 Å². The first-order valence-electron chi connectivity index (χ1n) is 11.8. The molecule has 0 aliphatic heterocycles. The summed E-state index contributed by atoms with van der Waals surface area (Å²) in [5.41, 5.74) is 6.04. The maximum Gasteiger partial charge on any atom is 0.255 e. The fourth-order valence-corrected chi connectivity index (χ4v) is 3.72. The van der Waals surface area contributed by atoms with Crippen LogP contribution in [0, 0.1) is 6.92 Å². The fraction of sp³-hybridized carbons (Fsp3) is 0.214. The molecule has 0 unspecified atom stereocenters. The first-order chi connectivity index (χ1) is 17.1. The number of hydrogen-bond acceptors (Lipinski definition) is 6. The standard InChI is InChI=1S/C28H30N6O/c1-4-34(5-2)19-21-9-11-22(12-10-21)27(35)31-24-13-8-20(3)26(17-24)33-28-30-16-14-25(32-28)23-7-6-15-29-18-23/h6-18H,4-5,19H2,1-3H3,(H,31,35)(H,30,32,33). The number of nitrogens with one attached hydrogen (secondary N) is 2. The van der Waals surface area contributed by atoms with Crippen LogP contribution < -0.4 is 10.6 Å². The van der Waals surface area contributed by atoms with E-state index >= 15 is 0 Å². The summed E-state index contributed by atoms with van der Waals surface area (Å²) in [6, 6.07) is 19.2. The number of carbonyl (C=O) groups excluding carboxylic acids is 1. The second-order valence-corrected chi connectivity index (χ2v) is 8.27. The lowest BCUT2D eigenvalue weighted by molar-refractivity contribution is 0.102. The van der Waals surface area contributed by atoms with Crippen LogP contribution in [0.2, 0.25) is 0 Å². The van der Waals surface area contributed by atoms with E-state index in [1.165, 1.54) is 5.56 Å². The van der Waals surface area contributed by atoms with Crippen LogP contribution in [-0.2, 0) is 6.54 Å². The van der Waals surface area contributed by atoms with Crippen molar-refractivity contribution in [1.82, 2.24) is 19.9 Å². The van der Waals surface area contributed by atoms with Crippen LogP contribution in [0.5, 0.6) is 0 Å². The molecule has 0 aliphatic rings. The Morgan fingerprint density at radius 2 is 1.77 bits per heavy atom. The lowest BCUT2D eigenvalue weighted by Gasteiger charge is -2.18. The number of amides is 1. The third kappa shape index (κ3) is 6.28. The minimum absolute atomic E-state index is 0.149. The van der Waals surface area contributed by atoms with Gasteiger partial charge in [-0.2, -0.15) is 0 Å². The van der Waals surface area contributed by atoms with Crippen LogP contribution in [0.4, 0.5) is 17.3 Å². The monoisotopic (exact) mass is 466 g/mol. The molecule has 35 heavy (non-hydrogen) atoms. The van der Waals surface area contributed by atoms with Crippen molar-refractivity contribution >= 4 is 23.2 Å². The van der Waals surface area contributed by atoms with Crippen LogP contribution in [0.25, 0.3) is 11.3 Å². The van der Waals surface area contributed by atoms with Gasteiger partial charge in [0.15, 0.2) is 0 Å². The Morgan fingerprint density at radius 3 is 2.49 bits per heavy atom. The topological polar surface area (TPSA) is 83.0 Å². The van der Waals surface area contributed by atoms with Crippen LogP contribution in [0.15, 0.2) is 79.3 Å². The molecule has 4 rings (SSSR count). The molecule has 7 heteroatoms. The molecule has 2 aromatic carbocycles. The van der Waals surface area contributed by atoms with Gasteiger partial charge in [0, 0.05) is 47.6 Å². The van der Waals surface area contributed by atoms with Gasteiger partial charge in [0.2, 0.25) is 5.95 Å². The van der Waals surface area contributed by atoms with Gasteiger partial charge in [-0.05, 0) is 73.6 Å². The highest BCUT2D eigenvalue weighted by molar-refractivity contribution is 6.04. The van der Waals surface area contributed by atoms with Gasteiger partial charge in [-0.3, -0.25) is 14.7 Å². The number of pyridine rings is 1. The van der Waals surface area contributed by atoms with Crippen molar-refractivity contribution in [3.05, 3.63) is 95.9 Å². The van der Waals surface area contributed by atoms with Gasteiger partial charge >= 0.3 is 0 Å². The van der Waals surface area contributed by atoms with Crippen molar-refractivity contribution in [3.8, 4) is 11.3 Å². The molecule has 0 aliphatic carbocycles. The predicted octanol–water partition coefficient (Wildman–Crippen LogP) is 5.68. The Morgan fingerprint density at radius 1 is 0.971 bits per heavy atom. The molecule has 0 fully saturated rings. The highest BCUT2D eigenvalue weighted by Gasteiger charge is 2.10. The van der Waals surface area contributed by atoms with E-state index in [2.05, 4.69) is 44.3 Å². The van der Waals surface area contributed by atoms with E-state index in [0.717, 1.165) is 42.1 Å². The van der Waals surface area contributed by atoms with E-state index in [1.807, 2.05) is 67.6 Å². The maximum absolute atomic E-state index is 12.8. The molecule has 0 saturated carbocycles. The Hall–Kier alpha value is -4.10. The Labute approximate surface area is 206 Å². The van der Waals surface area contributed by atoms with Crippen molar-refractivity contribution in [2.24, 2.45) is 0 Å². The largest absolute Gasteiger partial charge is 0.324 e. The molecule has 2 N–H and O–H groups in total. The maximum atomic E-state index is 12.8. The van der Waals surface area contributed by atoms with Crippen LogP contribution in [0.1, 0.15) is 35.3 Å². The molecule has 0 atom stereocenters.